The normalized spacial score (nSPS) is 10.1. The van der Waals surface area contributed by atoms with Crippen molar-refractivity contribution in [3.63, 3.8) is 0 Å². The first-order valence-electron chi connectivity index (χ1n) is 5.14. The molecule has 0 radical (unpaired) electrons. The van der Waals surface area contributed by atoms with Gasteiger partial charge in [-0.2, -0.15) is 0 Å². The van der Waals surface area contributed by atoms with Crippen molar-refractivity contribution in [3.05, 3.63) is 48.1 Å². The molecule has 4 N–H and O–H groups in total. The zero-order valence-electron chi connectivity index (χ0n) is 9.52. The summed E-state index contributed by atoms with van der Waals surface area (Å²) >= 11 is 0. The number of benzene rings is 1. The number of hydrazine groups is 1. The number of anilines is 2. The van der Waals surface area contributed by atoms with Crippen LogP contribution in [0.2, 0.25) is 0 Å². The zero-order chi connectivity index (χ0) is 13.8. The van der Waals surface area contributed by atoms with Crippen LogP contribution in [0.15, 0.2) is 30.9 Å². The van der Waals surface area contributed by atoms with Gasteiger partial charge in [-0.15, -0.1) is 0 Å². The average molecular weight is 265 g/mol. The molecule has 0 saturated carbocycles. The third-order valence-electron chi connectivity index (χ3n) is 2.27. The van der Waals surface area contributed by atoms with E-state index in [1.165, 1.54) is 18.7 Å². The van der Waals surface area contributed by atoms with Gasteiger partial charge in [0, 0.05) is 5.56 Å². The van der Waals surface area contributed by atoms with Gasteiger partial charge < -0.3 is 10.7 Å². The minimum absolute atomic E-state index is 0.183. The first kappa shape index (κ1) is 12.8. The second-order valence-corrected chi connectivity index (χ2v) is 3.54. The fraction of sp³-hybridized carbons (Fsp3) is 0. The second kappa shape index (κ2) is 5.36. The topological polar surface area (TPSA) is 92.9 Å². The number of aromatic nitrogens is 2. The summed E-state index contributed by atoms with van der Waals surface area (Å²) in [6, 6.07) is 1.74. The molecule has 6 nitrogen and oxygen atoms in total. The minimum atomic E-state index is -0.961. The van der Waals surface area contributed by atoms with Crippen molar-refractivity contribution in [2.24, 2.45) is 5.84 Å². The number of nitrogens with zero attached hydrogens (tertiary/aromatic N) is 2. The molecule has 0 aliphatic rings. The maximum absolute atomic E-state index is 13.4. The van der Waals surface area contributed by atoms with Crippen LogP contribution in [0.1, 0.15) is 10.4 Å². The first-order chi connectivity index (χ1) is 9.11. The molecule has 1 heterocycles. The van der Waals surface area contributed by atoms with E-state index in [1.54, 1.807) is 0 Å². The largest absolute Gasteiger partial charge is 0.319 e. The number of nitrogen functional groups attached to an aromatic ring is 1. The fourth-order valence-electron chi connectivity index (χ4n) is 1.41. The van der Waals surface area contributed by atoms with Gasteiger partial charge in [0.1, 0.15) is 12.0 Å². The molecule has 19 heavy (non-hydrogen) atoms. The monoisotopic (exact) mass is 265 g/mol. The van der Waals surface area contributed by atoms with Crippen molar-refractivity contribution < 1.29 is 13.6 Å². The standard InChI is InChI=1S/C11H9F2N5O/c12-8-1-6(2-9(13)10(8)18-14)11(19)17-7-3-15-5-16-4-7/h1-5,18H,14H2,(H,17,19). The third kappa shape index (κ3) is 2.80. The second-order valence-electron chi connectivity index (χ2n) is 3.54. The van der Waals surface area contributed by atoms with Crippen molar-refractivity contribution in [3.8, 4) is 0 Å². The molecule has 1 amide bonds. The molecule has 8 heteroatoms. The Morgan fingerprint density at radius 2 is 1.74 bits per heavy atom. The first-order valence-corrected chi connectivity index (χ1v) is 5.14. The number of hydrogen-bond acceptors (Lipinski definition) is 5. The number of nitrogens with two attached hydrogens (primary N) is 1. The van der Waals surface area contributed by atoms with Crippen LogP contribution in [0.3, 0.4) is 0 Å². The predicted octanol–water partition coefficient (Wildman–Crippen LogP) is 1.29. The molecule has 98 valence electrons. The molecule has 0 bridgehead atoms. The number of hydrogen-bond donors (Lipinski definition) is 3. The Bertz CT molecular complexity index is 582. The van der Waals surface area contributed by atoms with Gasteiger partial charge in [-0.05, 0) is 12.1 Å². The lowest BCUT2D eigenvalue weighted by Crippen LogP contribution is -2.15. The summed E-state index contributed by atoms with van der Waals surface area (Å²) in [5.41, 5.74) is 1.51. The fourth-order valence-corrected chi connectivity index (χ4v) is 1.41. The highest BCUT2D eigenvalue weighted by atomic mass is 19.1. The maximum Gasteiger partial charge on any atom is 0.255 e. The van der Waals surface area contributed by atoms with E-state index in [9.17, 15) is 13.6 Å². The molecular weight excluding hydrogens is 256 g/mol. The van der Waals surface area contributed by atoms with Crippen molar-refractivity contribution in [1.82, 2.24) is 9.97 Å². The molecule has 2 aromatic rings. The van der Waals surface area contributed by atoms with E-state index in [4.69, 9.17) is 5.84 Å². The van der Waals surface area contributed by atoms with Gasteiger partial charge in [0.25, 0.3) is 5.91 Å². The summed E-state index contributed by atoms with van der Waals surface area (Å²) < 4.78 is 26.8. The Morgan fingerprint density at radius 3 is 2.26 bits per heavy atom. The molecule has 0 spiro atoms. The molecule has 0 fully saturated rings. The van der Waals surface area contributed by atoms with Crippen molar-refractivity contribution in [1.29, 1.82) is 0 Å². The molecule has 0 saturated heterocycles. The van der Waals surface area contributed by atoms with Crippen LogP contribution in [-0.2, 0) is 0 Å². The number of carbonyl (C=O) groups is 1. The highest BCUT2D eigenvalue weighted by molar-refractivity contribution is 6.04. The van der Waals surface area contributed by atoms with E-state index in [1.807, 2.05) is 5.43 Å². The van der Waals surface area contributed by atoms with E-state index in [2.05, 4.69) is 15.3 Å². The van der Waals surface area contributed by atoms with Gasteiger partial charge in [-0.1, -0.05) is 0 Å². The number of rotatable bonds is 3. The Labute approximate surface area is 106 Å². The van der Waals surface area contributed by atoms with Gasteiger partial charge >= 0.3 is 0 Å². The molecule has 1 aromatic heterocycles. The average Bonchev–Trinajstić information content (AvgIpc) is 2.39. The quantitative estimate of drug-likeness (QED) is 0.574. The van der Waals surface area contributed by atoms with Gasteiger partial charge in [-0.3, -0.25) is 10.6 Å². The van der Waals surface area contributed by atoms with E-state index < -0.39 is 23.2 Å². The highest BCUT2D eigenvalue weighted by Gasteiger charge is 2.14. The van der Waals surface area contributed by atoms with Gasteiger partial charge in [0.15, 0.2) is 11.6 Å². The summed E-state index contributed by atoms with van der Waals surface area (Å²) in [4.78, 5) is 19.2. The molecular formula is C11H9F2N5O. The molecule has 0 unspecified atom stereocenters. The van der Waals surface area contributed by atoms with Crippen LogP contribution < -0.4 is 16.6 Å². The Hall–Kier alpha value is -2.61. The predicted molar refractivity (Wildman–Crippen MR) is 64.2 cm³/mol. The van der Waals surface area contributed by atoms with Crippen LogP contribution in [0.25, 0.3) is 0 Å². The molecule has 1 aromatic carbocycles. The lowest BCUT2D eigenvalue weighted by atomic mass is 10.1. The molecule has 0 atom stereocenters. The van der Waals surface area contributed by atoms with E-state index in [-0.39, 0.29) is 5.56 Å². The number of halogens is 2. The van der Waals surface area contributed by atoms with Gasteiger partial charge in [0.05, 0.1) is 18.1 Å². The van der Waals surface area contributed by atoms with Crippen LogP contribution in [0, 0.1) is 11.6 Å². The van der Waals surface area contributed by atoms with Crippen LogP contribution in [0.5, 0.6) is 0 Å². The zero-order valence-corrected chi connectivity index (χ0v) is 9.52. The van der Waals surface area contributed by atoms with Gasteiger partial charge in [0.2, 0.25) is 0 Å². The van der Waals surface area contributed by atoms with E-state index >= 15 is 0 Å². The lowest BCUT2D eigenvalue weighted by molar-refractivity contribution is 0.102. The molecule has 0 aliphatic heterocycles. The summed E-state index contributed by atoms with van der Waals surface area (Å²) in [5, 5.41) is 2.40. The number of amides is 1. The van der Waals surface area contributed by atoms with E-state index in [0.717, 1.165) is 12.1 Å². The van der Waals surface area contributed by atoms with Crippen LogP contribution in [0.4, 0.5) is 20.2 Å². The lowest BCUT2D eigenvalue weighted by Gasteiger charge is -2.07. The Morgan fingerprint density at radius 1 is 1.16 bits per heavy atom. The highest BCUT2D eigenvalue weighted by Crippen LogP contribution is 2.20. The SMILES string of the molecule is NNc1c(F)cc(C(=O)Nc2cncnc2)cc1F. The summed E-state index contributed by atoms with van der Waals surface area (Å²) in [6.07, 6.45) is 4.00. The summed E-state index contributed by atoms with van der Waals surface area (Å²) in [7, 11) is 0. The van der Waals surface area contributed by atoms with Crippen molar-refractivity contribution in [2.45, 2.75) is 0 Å². The van der Waals surface area contributed by atoms with E-state index in [0.29, 0.717) is 5.69 Å². The van der Waals surface area contributed by atoms with Crippen molar-refractivity contribution >= 4 is 17.3 Å². The minimum Gasteiger partial charge on any atom is -0.319 e. The molecule has 0 aliphatic carbocycles. The third-order valence-corrected chi connectivity index (χ3v) is 2.27. The Kier molecular flexibility index (Phi) is 3.62. The van der Waals surface area contributed by atoms with Gasteiger partial charge in [-0.25, -0.2) is 18.7 Å². The maximum atomic E-state index is 13.4. The Balaban J connectivity index is 2.25. The summed E-state index contributed by atoms with van der Waals surface area (Å²) in [5.74, 6) is 2.35. The summed E-state index contributed by atoms with van der Waals surface area (Å²) in [6.45, 7) is 0. The van der Waals surface area contributed by atoms with Crippen molar-refractivity contribution in [2.75, 3.05) is 10.7 Å². The molecule has 2 rings (SSSR count). The number of nitrogens with one attached hydrogen (secondary N) is 2. The smallest absolute Gasteiger partial charge is 0.255 e. The number of carbonyl (C=O) groups excluding carboxylic acids is 1. The van der Waals surface area contributed by atoms with Crippen LogP contribution >= 0.6 is 0 Å². The van der Waals surface area contributed by atoms with Crippen LogP contribution in [-0.4, -0.2) is 15.9 Å².